The zero-order valence-electron chi connectivity index (χ0n) is 9.89. The van der Waals surface area contributed by atoms with Gasteiger partial charge in [-0.3, -0.25) is 9.78 Å². The SMILES string of the molecule is Cl.Cn1cc(CCCNCc2ccn[nH]2)cn1. The lowest BCUT2D eigenvalue weighted by molar-refractivity contribution is 0.639. The first-order chi connectivity index (χ1) is 7.84. The van der Waals surface area contributed by atoms with Gasteiger partial charge in [-0.1, -0.05) is 0 Å². The molecule has 0 saturated carbocycles. The molecular weight excluding hydrogens is 238 g/mol. The van der Waals surface area contributed by atoms with Gasteiger partial charge in [0.05, 0.1) is 6.20 Å². The van der Waals surface area contributed by atoms with E-state index in [0.717, 1.165) is 31.6 Å². The Kier molecular flexibility index (Phi) is 5.72. The lowest BCUT2D eigenvalue weighted by Gasteiger charge is -2.01. The van der Waals surface area contributed by atoms with Gasteiger partial charge in [0.1, 0.15) is 0 Å². The fourth-order valence-corrected chi connectivity index (χ4v) is 1.62. The van der Waals surface area contributed by atoms with Crippen molar-refractivity contribution < 1.29 is 0 Å². The zero-order chi connectivity index (χ0) is 11.2. The van der Waals surface area contributed by atoms with Gasteiger partial charge in [-0.25, -0.2) is 0 Å². The monoisotopic (exact) mass is 255 g/mol. The van der Waals surface area contributed by atoms with E-state index in [4.69, 9.17) is 0 Å². The van der Waals surface area contributed by atoms with Crippen molar-refractivity contribution >= 4 is 12.4 Å². The predicted molar refractivity (Wildman–Crippen MR) is 69.1 cm³/mol. The number of hydrogen-bond donors (Lipinski definition) is 2. The molecule has 0 aromatic carbocycles. The minimum absolute atomic E-state index is 0. The summed E-state index contributed by atoms with van der Waals surface area (Å²) in [5.41, 5.74) is 2.42. The first-order valence-electron chi connectivity index (χ1n) is 5.51. The summed E-state index contributed by atoms with van der Waals surface area (Å²) in [4.78, 5) is 0. The van der Waals surface area contributed by atoms with Crippen LogP contribution in [-0.2, 0) is 20.0 Å². The maximum absolute atomic E-state index is 4.14. The van der Waals surface area contributed by atoms with Crippen molar-refractivity contribution in [2.24, 2.45) is 7.05 Å². The van der Waals surface area contributed by atoms with Crippen LogP contribution in [0.2, 0.25) is 0 Å². The summed E-state index contributed by atoms with van der Waals surface area (Å²) in [5, 5.41) is 14.3. The number of H-pyrrole nitrogens is 1. The fourth-order valence-electron chi connectivity index (χ4n) is 1.62. The van der Waals surface area contributed by atoms with Crippen molar-refractivity contribution in [1.82, 2.24) is 25.3 Å². The standard InChI is InChI=1S/C11H17N5.ClH/c1-16-9-10(7-14-16)3-2-5-12-8-11-4-6-13-15-11;/h4,6-7,9,12H,2-3,5,8H2,1H3,(H,13,15);1H. The largest absolute Gasteiger partial charge is 0.311 e. The van der Waals surface area contributed by atoms with Crippen LogP contribution in [0.15, 0.2) is 24.7 Å². The van der Waals surface area contributed by atoms with Gasteiger partial charge < -0.3 is 5.32 Å². The summed E-state index contributed by atoms with van der Waals surface area (Å²) in [6.45, 7) is 1.86. The van der Waals surface area contributed by atoms with E-state index in [1.54, 1.807) is 6.20 Å². The fraction of sp³-hybridized carbons (Fsp3) is 0.455. The minimum atomic E-state index is 0. The Labute approximate surface area is 107 Å². The molecule has 0 saturated heterocycles. The van der Waals surface area contributed by atoms with E-state index in [2.05, 4.69) is 26.8 Å². The number of rotatable bonds is 6. The summed E-state index contributed by atoms with van der Waals surface area (Å²) < 4.78 is 1.84. The van der Waals surface area contributed by atoms with Gasteiger partial charge in [0.2, 0.25) is 0 Å². The maximum atomic E-state index is 4.14. The summed E-state index contributed by atoms with van der Waals surface area (Å²) in [6, 6.07) is 1.98. The van der Waals surface area contributed by atoms with Crippen LogP contribution >= 0.6 is 12.4 Å². The first-order valence-corrected chi connectivity index (χ1v) is 5.51. The van der Waals surface area contributed by atoms with Crippen LogP contribution in [0, 0.1) is 0 Å². The average Bonchev–Trinajstić information content (AvgIpc) is 2.89. The lowest BCUT2D eigenvalue weighted by atomic mass is 10.2. The molecule has 2 N–H and O–H groups in total. The van der Waals surface area contributed by atoms with Crippen LogP contribution < -0.4 is 5.32 Å². The number of aromatic amines is 1. The topological polar surface area (TPSA) is 58.5 Å². The second-order valence-corrected chi connectivity index (χ2v) is 3.88. The zero-order valence-corrected chi connectivity index (χ0v) is 10.7. The van der Waals surface area contributed by atoms with Crippen molar-refractivity contribution in [2.45, 2.75) is 19.4 Å². The molecule has 2 aromatic heterocycles. The minimum Gasteiger partial charge on any atom is -0.311 e. The molecule has 0 fully saturated rings. The van der Waals surface area contributed by atoms with Crippen molar-refractivity contribution in [2.75, 3.05) is 6.54 Å². The van der Waals surface area contributed by atoms with E-state index < -0.39 is 0 Å². The summed E-state index contributed by atoms with van der Waals surface area (Å²) >= 11 is 0. The predicted octanol–water partition coefficient (Wildman–Crippen LogP) is 1.29. The average molecular weight is 256 g/mol. The van der Waals surface area contributed by atoms with E-state index in [0.29, 0.717) is 0 Å². The Morgan fingerprint density at radius 3 is 3.00 bits per heavy atom. The maximum Gasteiger partial charge on any atom is 0.0521 e. The van der Waals surface area contributed by atoms with E-state index in [-0.39, 0.29) is 12.4 Å². The molecule has 6 heteroatoms. The summed E-state index contributed by atoms with van der Waals surface area (Å²) in [6.07, 6.45) is 7.96. The molecule has 0 aliphatic heterocycles. The molecule has 0 bridgehead atoms. The van der Waals surface area contributed by atoms with Gasteiger partial charge in [0.15, 0.2) is 0 Å². The highest BCUT2D eigenvalue weighted by molar-refractivity contribution is 5.85. The Morgan fingerprint density at radius 2 is 2.35 bits per heavy atom. The molecule has 0 spiro atoms. The molecule has 2 aromatic rings. The smallest absolute Gasteiger partial charge is 0.0521 e. The Balaban J connectivity index is 0.00000144. The van der Waals surface area contributed by atoms with Crippen LogP contribution in [0.5, 0.6) is 0 Å². The second kappa shape index (κ2) is 7.09. The van der Waals surface area contributed by atoms with E-state index in [1.165, 1.54) is 5.56 Å². The molecule has 0 radical (unpaired) electrons. The highest BCUT2D eigenvalue weighted by Crippen LogP contribution is 2.00. The molecular formula is C11H18ClN5. The highest BCUT2D eigenvalue weighted by atomic mass is 35.5. The van der Waals surface area contributed by atoms with Crippen LogP contribution in [0.1, 0.15) is 17.7 Å². The van der Waals surface area contributed by atoms with Crippen LogP contribution in [0.3, 0.4) is 0 Å². The van der Waals surface area contributed by atoms with E-state index >= 15 is 0 Å². The third kappa shape index (κ3) is 4.58. The molecule has 17 heavy (non-hydrogen) atoms. The lowest BCUT2D eigenvalue weighted by Crippen LogP contribution is -2.15. The second-order valence-electron chi connectivity index (χ2n) is 3.88. The van der Waals surface area contributed by atoms with Gasteiger partial charge in [-0.2, -0.15) is 10.2 Å². The van der Waals surface area contributed by atoms with Gasteiger partial charge in [-0.05, 0) is 31.0 Å². The van der Waals surface area contributed by atoms with Crippen molar-refractivity contribution in [3.8, 4) is 0 Å². The molecule has 0 aliphatic carbocycles. The summed E-state index contributed by atoms with van der Waals surface area (Å²) in [7, 11) is 1.94. The third-order valence-corrected chi connectivity index (χ3v) is 2.45. The van der Waals surface area contributed by atoms with Crippen molar-refractivity contribution in [1.29, 1.82) is 0 Å². The van der Waals surface area contributed by atoms with E-state index in [1.807, 2.05) is 24.0 Å². The quantitative estimate of drug-likeness (QED) is 0.765. The highest BCUT2D eigenvalue weighted by Gasteiger charge is 1.96. The van der Waals surface area contributed by atoms with Gasteiger partial charge in [0.25, 0.3) is 0 Å². The van der Waals surface area contributed by atoms with Crippen LogP contribution in [0.4, 0.5) is 0 Å². The number of nitrogens with one attached hydrogen (secondary N) is 2. The van der Waals surface area contributed by atoms with Gasteiger partial charge in [-0.15, -0.1) is 12.4 Å². The molecule has 0 unspecified atom stereocenters. The molecule has 0 aliphatic rings. The third-order valence-electron chi connectivity index (χ3n) is 2.45. The number of nitrogens with zero attached hydrogens (tertiary/aromatic N) is 3. The molecule has 0 amide bonds. The number of aromatic nitrogens is 4. The summed E-state index contributed by atoms with van der Waals surface area (Å²) in [5.74, 6) is 0. The molecule has 2 rings (SSSR count). The number of aryl methyl sites for hydroxylation is 2. The Morgan fingerprint density at radius 1 is 1.47 bits per heavy atom. The van der Waals surface area contributed by atoms with E-state index in [9.17, 15) is 0 Å². The van der Waals surface area contributed by atoms with Crippen LogP contribution in [0.25, 0.3) is 0 Å². The first kappa shape index (κ1) is 13.7. The normalized spacial score (nSPS) is 10.2. The van der Waals surface area contributed by atoms with Gasteiger partial charge >= 0.3 is 0 Å². The number of halogens is 1. The molecule has 2 heterocycles. The van der Waals surface area contributed by atoms with Crippen molar-refractivity contribution in [3.63, 3.8) is 0 Å². The van der Waals surface area contributed by atoms with Gasteiger partial charge in [0, 0.05) is 31.7 Å². The number of hydrogen-bond acceptors (Lipinski definition) is 3. The van der Waals surface area contributed by atoms with Crippen molar-refractivity contribution in [3.05, 3.63) is 35.9 Å². The molecule has 5 nitrogen and oxygen atoms in total. The Hall–Kier alpha value is -1.33. The molecule has 0 atom stereocenters. The molecule has 94 valence electrons. The Bertz CT molecular complexity index is 409. The van der Waals surface area contributed by atoms with Crippen LogP contribution in [-0.4, -0.2) is 26.5 Å².